The molecule has 0 fully saturated rings. The molecule has 140 valence electrons. The van der Waals surface area contributed by atoms with Gasteiger partial charge in [-0.3, -0.25) is 20.4 Å². The van der Waals surface area contributed by atoms with E-state index in [2.05, 4.69) is 26.8 Å². The topological polar surface area (TPSA) is 68.1 Å². The first kappa shape index (κ1) is 19.5. The van der Waals surface area contributed by atoms with Gasteiger partial charge in [-0.25, -0.2) is 0 Å². The highest BCUT2D eigenvalue weighted by atomic mass is 79.9. The number of hydrazine groups is 1. The second kappa shape index (κ2) is 8.20. The number of nitrogens with one attached hydrogen (secondary N) is 2. The standard InChI is InChI=1S/C18H17BrN4O2S2/c1-11-3-5-12(6-4-11)15-10-27-18(26)23(15)9-16(24)20-21-17(25)14-7-13(19)8-22(14)2/h3-8,10H,9H2,1-2H3,(H,20,24)(H,21,25). The predicted octanol–water partition coefficient (Wildman–Crippen LogP) is 3.82. The molecule has 0 aliphatic rings. The summed E-state index contributed by atoms with van der Waals surface area (Å²) < 4.78 is 4.80. The van der Waals surface area contributed by atoms with Crippen LogP contribution in [-0.4, -0.2) is 20.9 Å². The Morgan fingerprint density at radius 3 is 2.56 bits per heavy atom. The third-order valence-electron chi connectivity index (χ3n) is 3.95. The Bertz CT molecular complexity index is 1050. The molecule has 3 rings (SSSR count). The third kappa shape index (κ3) is 4.55. The number of benzene rings is 1. The number of rotatable bonds is 4. The lowest BCUT2D eigenvalue weighted by Gasteiger charge is -2.11. The molecule has 0 atom stereocenters. The smallest absolute Gasteiger partial charge is 0.286 e. The van der Waals surface area contributed by atoms with Crippen molar-refractivity contribution < 1.29 is 9.59 Å². The molecular weight excluding hydrogens is 448 g/mol. The number of hydrogen-bond acceptors (Lipinski definition) is 4. The van der Waals surface area contributed by atoms with E-state index < -0.39 is 5.91 Å². The Balaban J connectivity index is 1.69. The van der Waals surface area contributed by atoms with Gasteiger partial charge in [0.2, 0.25) is 0 Å². The molecule has 0 spiro atoms. The minimum Gasteiger partial charge on any atom is -0.345 e. The molecule has 1 aromatic carbocycles. The fourth-order valence-corrected chi connectivity index (χ4v) is 4.15. The summed E-state index contributed by atoms with van der Waals surface area (Å²) in [5, 5.41) is 1.93. The number of aromatic nitrogens is 2. The summed E-state index contributed by atoms with van der Waals surface area (Å²) in [6.45, 7) is 2.04. The average Bonchev–Trinajstić information content (AvgIpc) is 3.16. The van der Waals surface area contributed by atoms with E-state index in [1.807, 2.05) is 36.6 Å². The quantitative estimate of drug-likeness (QED) is 0.455. The van der Waals surface area contributed by atoms with E-state index in [9.17, 15) is 9.59 Å². The Kier molecular flexibility index (Phi) is 5.93. The van der Waals surface area contributed by atoms with Gasteiger partial charge in [-0.15, -0.1) is 11.3 Å². The lowest BCUT2D eigenvalue weighted by Crippen LogP contribution is -2.43. The predicted molar refractivity (Wildman–Crippen MR) is 112 cm³/mol. The van der Waals surface area contributed by atoms with Crippen molar-refractivity contribution >= 4 is 51.3 Å². The van der Waals surface area contributed by atoms with Crippen LogP contribution >= 0.6 is 39.5 Å². The number of amides is 2. The van der Waals surface area contributed by atoms with E-state index >= 15 is 0 Å². The zero-order chi connectivity index (χ0) is 19.6. The summed E-state index contributed by atoms with van der Waals surface area (Å²) in [7, 11) is 1.75. The first-order valence-corrected chi connectivity index (χ1v) is 10.1. The van der Waals surface area contributed by atoms with E-state index in [0.717, 1.165) is 21.3 Å². The molecule has 0 unspecified atom stereocenters. The van der Waals surface area contributed by atoms with Gasteiger partial charge in [0.25, 0.3) is 11.8 Å². The fraction of sp³-hybridized carbons (Fsp3) is 0.167. The van der Waals surface area contributed by atoms with Crippen LogP contribution in [0, 0.1) is 10.9 Å². The van der Waals surface area contributed by atoms with Crippen LogP contribution in [0.2, 0.25) is 0 Å². The first-order valence-electron chi connectivity index (χ1n) is 8.01. The van der Waals surface area contributed by atoms with E-state index in [-0.39, 0.29) is 12.5 Å². The highest BCUT2D eigenvalue weighted by molar-refractivity contribution is 9.10. The minimum atomic E-state index is -0.399. The highest BCUT2D eigenvalue weighted by Crippen LogP contribution is 2.24. The van der Waals surface area contributed by atoms with Gasteiger partial charge in [0, 0.05) is 23.1 Å². The van der Waals surface area contributed by atoms with E-state index in [4.69, 9.17) is 12.2 Å². The minimum absolute atomic E-state index is 0.0165. The Labute approximate surface area is 173 Å². The second-order valence-corrected chi connectivity index (χ2v) is 8.41. The monoisotopic (exact) mass is 464 g/mol. The first-order chi connectivity index (χ1) is 12.8. The molecule has 2 N–H and O–H groups in total. The van der Waals surface area contributed by atoms with Crippen molar-refractivity contribution in [2.75, 3.05) is 0 Å². The Hall–Kier alpha value is -2.23. The van der Waals surface area contributed by atoms with Crippen LogP contribution in [0.15, 0.2) is 46.4 Å². The van der Waals surface area contributed by atoms with Crippen molar-refractivity contribution in [2.45, 2.75) is 13.5 Å². The molecular formula is C18H17BrN4O2S2. The maximum absolute atomic E-state index is 12.3. The number of thiazole rings is 1. The van der Waals surface area contributed by atoms with Gasteiger partial charge >= 0.3 is 0 Å². The summed E-state index contributed by atoms with van der Waals surface area (Å²) in [5.74, 6) is -0.760. The summed E-state index contributed by atoms with van der Waals surface area (Å²) >= 11 is 10.1. The molecule has 0 aliphatic heterocycles. The van der Waals surface area contributed by atoms with E-state index in [1.54, 1.807) is 28.4 Å². The van der Waals surface area contributed by atoms with E-state index in [1.165, 1.54) is 11.3 Å². The van der Waals surface area contributed by atoms with Crippen LogP contribution in [0.5, 0.6) is 0 Å². The number of hydrogen-bond donors (Lipinski definition) is 2. The van der Waals surface area contributed by atoms with Crippen LogP contribution in [-0.2, 0) is 18.4 Å². The van der Waals surface area contributed by atoms with Crippen molar-refractivity contribution in [1.82, 2.24) is 20.0 Å². The van der Waals surface area contributed by atoms with Gasteiger partial charge in [-0.2, -0.15) is 0 Å². The normalized spacial score (nSPS) is 10.6. The molecule has 2 amide bonds. The Morgan fingerprint density at radius 2 is 1.93 bits per heavy atom. The van der Waals surface area contributed by atoms with Crippen molar-refractivity contribution in [3.05, 3.63) is 61.6 Å². The number of carbonyl (C=O) groups is 2. The lowest BCUT2D eigenvalue weighted by atomic mass is 10.1. The molecule has 27 heavy (non-hydrogen) atoms. The van der Waals surface area contributed by atoms with Crippen molar-refractivity contribution in [3.63, 3.8) is 0 Å². The molecule has 2 aromatic heterocycles. The Morgan fingerprint density at radius 1 is 1.22 bits per heavy atom. The third-order valence-corrected chi connectivity index (χ3v) is 5.66. The zero-order valence-electron chi connectivity index (χ0n) is 14.7. The molecule has 2 heterocycles. The maximum atomic E-state index is 12.3. The van der Waals surface area contributed by atoms with Gasteiger partial charge < -0.3 is 9.13 Å². The molecule has 0 radical (unpaired) electrons. The highest BCUT2D eigenvalue weighted by Gasteiger charge is 2.14. The van der Waals surface area contributed by atoms with Crippen LogP contribution in [0.3, 0.4) is 0 Å². The zero-order valence-corrected chi connectivity index (χ0v) is 17.9. The molecule has 6 nitrogen and oxygen atoms in total. The molecule has 0 saturated heterocycles. The van der Waals surface area contributed by atoms with Crippen molar-refractivity contribution in [3.8, 4) is 11.3 Å². The van der Waals surface area contributed by atoms with Crippen LogP contribution < -0.4 is 10.9 Å². The van der Waals surface area contributed by atoms with E-state index in [0.29, 0.717) is 9.65 Å². The van der Waals surface area contributed by atoms with Gasteiger partial charge in [-0.05, 0) is 46.7 Å². The summed E-state index contributed by atoms with van der Waals surface area (Å²) in [5.41, 5.74) is 8.31. The number of aryl methyl sites for hydroxylation is 2. The molecule has 9 heteroatoms. The summed E-state index contributed by atoms with van der Waals surface area (Å²) in [4.78, 5) is 24.5. The maximum Gasteiger partial charge on any atom is 0.286 e. The fourth-order valence-electron chi connectivity index (χ4n) is 2.55. The van der Waals surface area contributed by atoms with Gasteiger partial charge in [0.05, 0.1) is 5.69 Å². The van der Waals surface area contributed by atoms with Crippen LogP contribution in [0.4, 0.5) is 0 Å². The molecule has 0 saturated carbocycles. The molecule has 0 aliphatic carbocycles. The average molecular weight is 465 g/mol. The molecule has 3 aromatic rings. The second-order valence-electron chi connectivity index (χ2n) is 6.00. The number of carbonyl (C=O) groups excluding carboxylic acids is 2. The lowest BCUT2D eigenvalue weighted by molar-refractivity contribution is -0.122. The van der Waals surface area contributed by atoms with Crippen molar-refractivity contribution in [2.24, 2.45) is 7.05 Å². The van der Waals surface area contributed by atoms with Crippen molar-refractivity contribution in [1.29, 1.82) is 0 Å². The number of nitrogens with zero attached hydrogens (tertiary/aromatic N) is 2. The number of halogens is 1. The largest absolute Gasteiger partial charge is 0.345 e. The van der Waals surface area contributed by atoms with Crippen LogP contribution in [0.25, 0.3) is 11.3 Å². The summed E-state index contributed by atoms with van der Waals surface area (Å²) in [6.07, 6.45) is 1.76. The van der Waals surface area contributed by atoms with Gasteiger partial charge in [0.15, 0.2) is 3.95 Å². The summed E-state index contributed by atoms with van der Waals surface area (Å²) in [6, 6.07) is 9.69. The molecule has 0 bridgehead atoms. The van der Waals surface area contributed by atoms with Gasteiger partial charge in [0.1, 0.15) is 12.2 Å². The SMILES string of the molecule is Cc1ccc(-c2csc(=S)n2CC(=O)NNC(=O)c2cc(Br)cn2C)cc1. The van der Waals surface area contributed by atoms with Crippen LogP contribution in [0.1, 0.15) is 16.1 Å². The van der Waals surface area contributed by atoms with Gasteiger partial charge in [-0.1, -0.05) is 29.8 Å².